The van der Waals surface area contributed by atoms with Crippen molar-refractivity contribution in [2.75, 3.05) is 12.5 Å². The number of benzene rings is 1. The van der Waals surface area contributed by atoms with Crippen molar-refractivity contribution < 1.29 is 19.4 Å². The summed E-state index contributed by atoms with van der Waals surface area (Å²) >= 11 is 0. The molecule has 0 bridgehead atoms. The van der Waals surface area contributed by atoms with Crippen molar-refractivity contribution in [2.45, 2.75) is 0 Å². The smallest absolute Gasteiger partial charge is 0.357 e. The molecule has 1 aliphatic rings. The van der Waals surface area contributed by atoms with Crippen molar-refractivity contribution in [2.24, 2.45) is 7.05 Å². The molecule has 0 radical (unpaired) electrons. The van der Waals surface area contributed by atoms with Crippen molar-refractivity contribution in [3.63, 3.8) is 0 Å². The number of hydrogen-bond acceptors (Lipinski definition) is 5. The summed E-state index contributed by atoms with van der Waals surface area (Å²) in [5, 5.41) is 13.1. The van der Waals surface area contributed by atoms with Gasteiger partial charge in [-0.15, -0.1) is 0 Å². The van der Waals surface area contributed by atoms with Gasteiger partial charge >= 0.3 is 5.97 Å². The fourth-order valence-corrected chi connectivity index (χ4v) is 2.02. The number of nitrogens with two attached hydrogens (primary N) is 1. The Morgan fingerprint density at radius 2 is 2.16 bits per heavy atom. The Morgan fingerprint density at radius 1 is 1.42 bits per heavy atom. The predicted octanol–water partition coefficient (Wildman–Crippen LogP) is 1.10. The highest BCUT2D eigenvalue weighted by Gasteiger charge is 2.23. The van der Waals surface area contributed by atoms with Gasteiger partial charge in [0, 0.05) is 7.05 Å². The number of nitrogens with zero attached hydrogens (tertiary/aromatic N) is 2. The van der Waals surface area contributed by atoms with Crippen LogP contribution in [0.1, 0.15) is 10.5 Å². The molecule has 0 fully saturated rings. The van der Waals surface area contributed by atoms with Gasteiger partial charge in [-0.25, -0.2) is 4.79 Å². The SMILES string of the molecule is Cn1nc(C(=O)O)c(-c2ccc3c(c2)OCO3)c1N. The van der Waals surface area contributed by atoms with Crippen molar-refractivity contribution in [3.8, 4) is 22.6 Å². The Balaban J connectivity index is 2.19. The number of aryl methyl sites for hydroxylation is 1. The number of carbonyl (C=O) groups is 1. The van der Waals surface area contributed by atoms with Gasteiger partial charge in [0.15, 0.2) is 17.2 Å². The first-order valence-electron chi connectivity index (χ1n) is 5.53. The minimum Gasteiger partial charge on any atom is -0.476 e. The van der Waals surface area contributed by atoms with Gasteiger partial charge in [0.2, 0.25) is 6.79 Å². The van der Waals surface area contributed by atoms with Gasteiger partial charge in [-0.1, -0.05) is 6.07 Å². The van der Waals surface area contributed by atoms with Gasteiger partial charge in [-0.05, 0) is 17.7 Å². The molecule has 0 amide bonds. The van der Waals surface area contributed by atoms with Crippen LogP contribution in [-0.2, 0) is 7.05 Å². The molecule has 3 rings (SSSR count). The lowest BCUT2D eigenvalue weighted by Crippen LogP contribution is -2.00. The van der Waals surface area contributed by atoms with Crippen LogP contribution in [0.5, 0.6) is 11.5 Å². The number of aromatic nitrogens is 2. The second-order valence-electron chi connectivity index (χ2n) is 4.11. The monoisotopic (exact) mass is 261 g/mol. The number of nitrogen functional groups attached to an aromatic ring is 1. The van der Waals surface area contributed by atoms with E-state index in [9.17, 15) is 9.90 Å². The Kier molecular flexibility index (Phi) is 2.34. The van der Waals surface area contributed by atoms with Crippen LogP contribution >= 0.6 is 0 Å². The minimum atomic E-state index is -1.13. The molecule has 0 aliphatic carbocycles. The Bertz CT molecular complexity index is 678. The summed E-state index contributed by atoms with van der Waals surface area (Å²) in [5.74, 6) is 0.358. The van der Waals surface area contributed by atoms with E-state index in [0.717, 1.165) is 0 Å². The summed E-state index contributed by atoms with van der Waals surface area (Å²) in [6, 6.07) is 5.14. The fraction of sp³-hybridized carbons (Fsp3) is 0.167. The highest BCUT2D eigenvalue weighted by molar-refractivity contribution is 5.97. The van der Waals surface area contributed by atoms with Gasteiger partial charge in [-0.2, -0.15) is 5.10 Å². The van der Waals surface area contributed by atoms with Gasteiger partial charge in [0.25, 0.3) is 0 Å². The molecule has 98 valence electrons. The fourth-order valence-electron chi connectivity index (χ4n) is 2.02. The average Bonchev–Trinajstić information content (AvgIpc) is 2.94. The Morgan fingerprint density at radius 3 is 2.89 bits per heavy atom. The zero-order valence-corrected chi connectivity index (χ0v) is 10.1. The molecular formula is C12H11N3O4. The number of rotatable bonds is 2. The summed E-state index contributed by atoms with van der Waals surface area (Å²) in [6.07, 6.45) is 0. The molecule has 0 saturated carbocycles. The third-order valence-electron chi connectivity index (χ3n) is 2.96. The molecule has 0 saturated heterocycles. The molecule has 1 aliphatic heterocycles. The predicted molar refractivity (Wildman–Crippen MR) is 66.1 cm³/mol. The highest BCUT2D eigenvalue weighted by atomic mass is 16.7. The normalized spacial score (nSPS) is 12.7. The summed E-state index contributed by atoms with van der Waals surface area (Å²) in [5.41, 5.74) is 6.81. The molecule has 0 unspecified atom stereocenters. The molecule has 19 heavy (non-hydrogen) atoms. The molecule has 7 nitrogen and oxygen atoms in total. The quantitative estimate of drug-likeness (QED) is 0.839. The first-order chi connectivity index (χ1) is 9.08. The Labute approximate surface area is 108 Å². The molecule has 0 spiro atoms. The Hall–Kier alpha value is -2.70. The van der Waals surface area contributed by atoms with Crippen LogP contribution in [0.4, 0.5) is 5.82 Å². The van der Waals surface area contributed by atoms with Gasteiger partial charge in [0.1, 0.15) is 5.82 Å². The molecular weight excluding hydrogens is 250 g/mol. The van der Waals surface area contributed by atoms with Crippen molar-refractivity contribution in [3.05, 3.63) is 23.9 Å². The van der Waals surface area contributed by atoms with E-state index in [4.69, 9.17) is 15.2 Å². The van der Waals surface area contributed by atoms with E-state index in [1.165, 1.54) is 4.68 Å². The minimum absolute atomic E-state index is 0.0844. The maximum Gasteiger partial charge on any atom is 0.357 e. The second kappa shape index (κ2) is 3.91. The molecule has 2 aromatic rings. The van der Waals surface area contributed by atoms with Gasteiger partial charge in [0.05, 0.1) is 5.56 Å². The van der Waals surface area contributed by atoms with Crippen molar-refractivity contribution in [1.82, 2.24) is 9.78 Å². The molecule has 3 N–H and O–H groups in total. The maximum atomic E-state index is 11.2. The van der Waals surface area contributed by atoms with E-state index < -0.39 is 5.97 Å². The zero-order chi connectivity index (χ0) is 13.6. The number of ether oxygens (including phenoxy) is 2. The van der Waals surface area contributed by atoms with Crippen molar-refractivity contribution >= 4 is 11.8 Å². The summed E-state index contributed by atoms with van der Waals surface area (Å²) in [4.78, 5) is 11.2. The lowest BCUT2D eigenvalue weighted by molar-refractivity contribution is 0.0690. The van der Waals surface area contributed by atoms with Gasteiger partial charge < -0.3 is 20.3 Å². The topological polar surface area (TPSA) is 99.6 Å². The lowest BCUT2D eigenvalue weighted by Gasteiger charge is -2.03. The third kappa shape index (κ3) is 1.67. The van der Waals surface area contributed by atoms with Crippen LogP contribution in [0.3, 0.4) is 0 Å². The first-order valence-corrected chi connectivity index (χ1v) is 5.53. The van der Waals surface area contributed by atoms with Crippen LogP contribution in [0.2, 0.25) is 0 Å². The number of hydrogen-bond donors (Lipinski definition) is 2. The average molecular weight is 261 g/mol. The van der Waals surface area contributed by atoms with E-state index in [0.29, 0.717) is 22.6 Å². The second-order valence-corrected chi connectivity index (χ2v) is 4.11. The zero-order valence-electron chi connectivity index (χ0n) is 10.1. The third-order valence-corrected chi connectivity index (χ3v) is 2.96. The summed E-state index contributed by atoms with van der Waals surface area (Å²) in [7, 11) is 1.60. The number of fused-ring (bicyclic) bond motifs is 1. The van der Waals surface area contributed by atoms with Crippen LogP contribution in [0.25, 0.3) is 11.1 Å². The van der Waals surface area contributed by atoms with Crippen LogP contribution in [0.15, 0.2) is 18.2 Å². The van der Waals surface area contributed by atoms with E-state index in [1.807, 2.05) is 0 Å². The first kappa shape index (κ1) is 11.4. The van der Waals surface area contributed by atoms with Crippen LogP contribution < -0.4 is 15.2 Å². The molecule has 2 heterocycles. The number of aromatic carboxylic acids is 1. The van der Waals surface area contributed by atoms with E-state index in [-0.39, 0.29) is 18.3 Å². The molecule has 1 aromatic heterocycles. The largest absolute Gasteiger partial charge is 0.476 e. The molecule has 1 aromatic carbocycles. The maximum absolute atomic E-state index is 11.2. The van der Waals surface area contributed by atoms with Crippen molar-refractivity contribution in [1.29, 1.82) is 0 Å². The summed E-state index contributed by atoms with van der Waals surface area (Å²) in [6.45, 7) is 0.160. The van der Waals surface area contributed by atoms with Crippen LogP contribution in [0, 0.1) is 0 Å². The number of anilines is 1. The van der Waals surface area contributed by atoms with Gasteiger partial charge in [-0.3, -0.25) is 4.68 Å². The van der Waals surface area contributed by atoms with E-state index >= 15 is 0 Å². The standard InChI is InChI=1S/C12H11N3O4/c1-15-11(13)9(10(14-15)12(16)17)6-2-3-7-8(4-6)19-5-18-7/h2-4H,5,13H2,1H3,(H,16,17). The number of carboxylic acid groups (broad SMARTS) is 1. The molecule has 7 heteroatoms. The van der Waals surface area contributed by atoms with Crippen LogP contribution in [-0.4, -0.2) is 27.6 Å². The van der Waals surface area contributed by atoms with E-state index in [1.54, 1.807) is 25.2 Å². The number of carboxylic acids is 1. The van der Waals surface area contributed by atoms with E-state index in [2.05, 4.69) is 5.10 Å². The molecule has 0 atom stereocenters. The lowest BCUT2D eigenvalue weighted by atomic mass is 10.0. The summed E-state index contributed by atoms with van der Waals surface area (Å²) < 4.78 is 11.8. The highest BCUT2D eigenvalue weighted by Crippen LogP contribution is 2.38.